The van der Waals surface area contributed by atoms with E-state index >= 15 is 0 Å². The van der Waals surface area contributed by atoms with Crippen molar-refractivity contribution in [1.82, 2.24) is 0 Å². The highest BCUT2D eigenvalue weighted by atomic mass is 16.3. The van der Waals surface area contributed by atoms with Crippen molar-refractivity contribution in [2.75, 3.05) is 0 Å². The largest absolute Gasteiger partial charge is 0.389 e. The Morgan fingerprint density at radius 2 is 1.88 bits per heavy atom. The Morgan fingerprint density at radius 1 is 1.19 bits per heavy atom. The summed E-state index contributed by atoms with van der Waals surface area (Å²) in [6.07, 6.45) is 8.36. The molecule has 2 aliphatic carbocycles. The molecule has 94 valence electrons. The van der Waals surface area contributed by atoms with Gasteiger partial charge < -0.3 is 5.11 Å². The van der Waals surface area contributed by atoms with Gasteiger partial charge in [-0.3, -0.25) is 0 Å². The first kappa shape index (κ1) is 12.4. The van der Waals surface area contributed by atoms with Crippen molar-refractivity contribution in [3.8, 4) is 0 Å². The van der Waals surface area contributed by atoms with Crippen LogP contribution in [0.5, 0.6) is 0 Å². The van der Waals surface area contributed by atoms with E-state index in [1.165, 1.54) is 32.1 Å². The zero-order valence-corrected chi connectivity index (χ0v) is 11.5. The van der Waals surface area contributed by atoms with Gasteiger partial charge in [0.05, 0.1) is 5.60 Å². The first-order chi connectivity index (χ1) is 7.37. The van der Waals surface area contributed by atoms with Gasteiger partial charge in [-0.1, -0.05) is 47.0 Å². The molecule has 0 aromatic heterocycles. The number of fused-ring (bicyclic) bond motifs is 2. The standard InChI is InChI=1S/C15H28O/c1-5-6-7-9-15(16)11-12-8-10-14(15,4)13(12,2)3/h12,16H,5-11H2,1-4H3. The van der Waals surface area contributed by atoms with Gasteiger partial charge in [-0.05, 0) is 37.0 Å². The summed E-state index contributed by atoms with van der Waals surface area (Å²) in [6, 6.07) is 0. The zero-order valence-electron chi connectivity index (χ0n) is 11.5. The molecule has 0 saturated heterocycles. The lowest BCUT2D eigenvalue weighted by atomic mass is 9.63. The molecule has 16 heavy (non-hydrogen) atoms. The third-order valence-corrected chi connectivity index (χ3v) is 6.24. The van der Waals surface area contributed by atoms with Crippen molar-refractivity contribution in [3.05, 3.63) is 0 Å². The molecular formula is C15H28O. The lowest BCUT2D eigenvalue weighted by Gasteiger charge is -2.45. The smallest absolute Gasteiger partial charge is 0.0709 e. The molecule has 3 unspecified atom stereocenters. The van der Waals surface area contributed by atoms with E-state index in [0.29, 0.717) is 5.41 Å². The topological polar surface area (TPSA) is 20.2 Å². The monoisotopic (exact) mass is 224 g/mol. The molecule has 1 N–H and O–H groups in total. The second-order valence-electron chi connectivity index (χ2n) is 6.98. The molecule has 0 heterocycles. The SMILES string of the molecule is CCCCCC1(O)CC2CCC1(C)C2(C)C. The molecule has 0 amide bonds. The van der Waals surface area contributed by atoms with Crippen LogP contribution in [0, 0.1) is 16.7 Å². The third kappa shape index (κ3) is 1.40. The Hall–Kier alpha value is -0.0400. The summed E-state index contributed by atoms with van der Waals surface area (Å²) >= 11 is 0. The van der Waals surface area contributed by atoms with Crippen LogP contribution < -0.4 is 0 Å². The van der Waals surface area contributed by atoms with E-state index in [9.17, 15) is 5.11 Å². The molecule has 3 atom stereocenters. The van der Waals surface area contributed by atoms with Crippen LogP contribution in [0.25, 0.3) is 0 Å². The molecule has 2 saturated carbocycles. The van der Waals surface area contributed by atoms with E-state index in [4.69, 9.17) is 0 Å². The van der Waals surface area contributed by atoms with Crippen LogP contribution in [0.3, 0.4) is 0 Å². The summed E-state index contributed by atoms with van der Waals surface area (Å²) in [5.74, 6) is 0.754. The van der Waals surface area contributed by atoms with Gasteiger partial charge in [0.1, 0.15) is 0 Å². The minimum absolute atomic E-state index is 0.165. The second-order valence-corrected chi connectivity index (χ2v) is 6.98. The Bertz CT molecular complexity index is 271. The minimum atomic E-state index is -0.366. The van der Waals surface area contributed by atoms with Gasteiger partial charge in [-0.2, -0.15) is 0 Å². The van der Waals surface area contributed by atoms with Crippen molar-refractivity contribution in [1.29, 1.82) is 0 Å². The number of hydrogen-bond donors (Lipinski definition) is 1. The van der Waals surface area contributed by atoms with Crippen LogP contribution in [-0.2, 0) is 0 Å². The number of hydrogen-bond acceptors (Lipinski definition) is 1. The summed E-state index contributed by atoms with van der Waals surface area (Å²) in [7, 11) is 0. The van der Waals surface area contributed by atoms with Crippen LogP contribution in [0.1, 0.15) is 72.6 Å². The van der Waals surface area contributed by atoms with Crippen LogP contribution in [0.4, 0.5) is 0 Å². The van der Waals surface area contributed by atoms with Gasteiger partial charge >= 0.3 is 0 Å². The predicted molar refractivity (Wildman–Crippen MR) is 68.3 cm³/mol. The molecule has 0 aromatic carbocycles. The highest BCUT2D eigenvalue weighted by molar-refractivity contribution is 5.17. The van der Waals surface area contributed by atoms with Gasteiger partial charge in [0.25, 0.3) is 0 Å². The van der Waals surface area contributed by atoms with Crippen molar-refractivity contribution < 1.29 is 5.11 Å². The molecular weight excluding hydrogens is 196 g/mol. The van der Waals surface area contributed by atoms with Crippen LogP contribution >= 0.6 is 0 Å². The second kappa shape index (κ2) is 3.73. The zero-order chi connectivity index (χ0) is 12.0. The van der Waals surface area contributed by atoms with Gasteiger partial charge in [0, 0.05) is 5.41 Å². The molecule has 2 rings (SSSR count). The minimum Gasteiger partial charge on any atom is -0.389 e. The predicted octanol–water partition coefficient (Wildman–Crippen LogP) is 4.14. The first-order valence-electron chi connectivity index (χ1n) is 7.10. The lowest BCUT2D eigenvalue weighted by molar-refractivity contribution is -0.0959. The van der Waals surface area contributed by atoms with Crippen molar-refractivity contribution in [2.45, 2.75) is 78.2 Å². The van der Waals surface area contributed by atoms with E-state index < -0.39 is 0 Å². The summed E-state index contributed by atoms with van der Waals surface area (Å²) in [4.78, 5) is 0. The fourth-order valence-electron chi connectivity index (χ4n) is 4.46. The van der Waals surface area contributed by atoms with E-state index in [0.717, 1.165) is 18.8 Å². The molecule has 2 fully saturated rings. The van der Waals surface area contributed by atoms with Crippen LogP contribution in [0.15, 0.2) is 0 Å². The van der Waals surface area contributed by atoms with Gasteiger partial charge in [0.2, 0.25) is 0 Å². The van der Waals surface area contributed by atoms with Crippen molar-refractivity contribution in [2.24, 2.45) is 16.7 Å². The van der Waals surface area contributed by atoms with E-state index in [1.54, 1.807) is 0 Å². The van der Waals surface area contributed by atoms with Gasteiger partial charge in [0.15, 0.2) is 0 Å². The molecule has 0 spiro atoms. The van der Waals surface area contributed by atoms with E-state index in [-0.39, 0.29) is 11.0 Å². The Balaban J connectivity index is 2.13. The average Bonchev–Trinajstić information content (AvgIpc) is 2.50. The molecule has 2 aliphatic rings. The maximum Gasteiger partial charge on any atom is 0.0709 e. The molecule has 1 heteroatoms. The molecule has 0 aromatic rings. The van der Waals surface area contributed by atoms with Crippen LogP contribution in [-0.4, -0.2) is 10.7 Å². The molecule has 0 aliphatic heterocycles. The summed E-state index contributed by atoms with van der Waals surface area (Å²) < 4.78 is 0. The van der Waals surface area contributed by atoms with E-state index in [1.807, 2.05) is 0 Å². The molecule has 1 nitrogen and oxygen atoms in total. The third-order valence-electron chi connectivity index (χ3n) is 6.24. The Labute approximate surface area is 101 Å². The summed E-state index contributed by atoms with van der Waals surface area (Å²) in [5.41, 5.74) is 0.140. The first-order valence-corrected chi connectivity index (χ1v) is 7.10. The maximum atomic E-state index is 11.0. The number of unbranched alkanes of at least 4 members (excludes halogenated alkanes) is 2. The van der Waals surface area contributed by atoms with Crippen molar-refractivity contribution in [3.63, 3.8) is 0 Å². The number of rotatable bonds is 4. The fraction of sp³-hybridized carbons (Fsp3) is 1.00. The maximum absolute atomic E-state index is 11.0. The summed E-state index contributed by atoms with van der Waals surface area (Å²) in [6.45, 7) is 9.33. The Morgan fingerprint density at radius 3 is 2.31 bits per heavy atom. The highest BCUT2D eigenvalue weighted by Crippen LogP contribution is 2.70. The molecule has 0 radical (unpaired) electrons. The number of aliphatic hydroxyl groups is 1. The van der Waals surface area contributed by atoms with Crippen molar-refractivity contribution >= 4 is 0 Å². The highest BCUT2D eigenvalue weighted by Gasteiger charge is 2.67. The molecule has 2 bridgehead atoms. The quantitative estimate of drug-likeness (QED) is 0.711. The van der Waals surface area contributed by atoms with E-state index in [2.05, 4.69) is 27.7 Å². The van der Waals surface area contributed by atoms with Gasteiger partial charge in [-0.15, -0.1) is 0 Å². The normalized spacial score (nSPS) is 45.2. The fourth-order valence-corrected chi connectivity index (χ4v) is 4.46. The Kier molecular flexibility index (Phi) is 2.89. The van der Waals surface area contributed by atoms with Gasteiger partial charge in [-0.25, -0.2) is 0 Å². The average molecular weight is 224 g/mol. The lowest BCUT2D eigenvalue weighted by Crippen LogP contribution is -2.47. The summed E-state index contributed by atoms with van der Waals surface area (Å²) in [5, 5.41) is 11.0. The van der Waals surface area contributed by atoms with Crippen LogP contribution in [0.2, 0.25) is 0 Å².